The Morgan fingerprint density at radius 3 is 2.55 bits per heavy atom. The fourth-order valence-corrected chi connectivity index (χ4v) is 2.80. The Labute approximate surface area is 173 Å². The van der Waals surface area contributed by atoms with Gasteiger partial charge in [0.05, 0.1) is 19.3 Å². The minimum Gasteiger partial charge on any atom is -0.393 e. The lowest BCUT2D eigenvalue weighted by Gasteiger charge is -2.28. The van der Waals surface area contributed by atoms with Crippen LogP contribution in [0, 0.1) is 6.92 Å². The van der Waals surface area contributed by atoms with E-state index in [1.807, 2.05) is 0 Å². The summed E-state index contributed by atoms with van der Waals surface area (Å²) < 4.78 is 65.5. The zero-order chi connectivity index (χ0) is 22.8. The molecule has 3 N–H and O–H groups in total. The zero-order valence-corrected chi connectivity index (χ0v) is 16.1. The number of rotatable bonds is 7. The molecule has 0 saturated heterocycles. The standard InChI is InChI=1S/C19H18F5N5O2/c1-11-4-12(6-14(5-11)27-17-25-3-2-15(28-17)16(20)21)13-7-26-29(8-13)9-18(31,10-30)19(22,23)24/h2-8,16,30-31H,9-10H2,1H3,(H,25,27,28)/t18-/m0/s1. The molecule has 0 fully saturated rings. The highest BCUT2D eigenvalue weighted by atomic mass is 19.4. The molecular weight excluding hydrogens is 425 g/mol. The summed E-state index contributed by atoms with van der Waals surface area (Å²) in [5.74, 6) is -0.0387. The van der Waals surface area contributed by atoms with E-state index in [-0.39, 0.29) is 5.95 Å². The zero-order valence-electron chi connectivity index (χ0n) is 16.1. The average Bonchev–Trinajstić information content (AvgIpc) is 3.15. The van der Waals surface area contributed by atoms with Crippen molar-refractivity contribution < 1.29 is 32.2 Å². The second-order valence-electron chi connectivity index (χ2n) is 6.93. The van der Waals surface area contributed by atoms with Crippen molar-refractivity contribution in [2.75, 3.05) is 11.9 Å². The van der Waals surface area contributed by atoms with Crippen molar-refractivity contribution in [1.82, 2.24) is 19.7 Å². The number of aromatic nitrogens is 4. The Morgan fingerprint density at radius 2 is 1.90 bits per heavy atom. The Kier molecular flexibility index (Phi) is 6.23. The molecule has 0 radical (unpaired) electrons. The van der Waals surface area contributed by atoms with Gasteiger partial charge in [0.25, 0.3) is 6.43 Å². The van der Waals surface area contributed by atoms with Crippen LogP contribution in [-0.2, 0) is 6.54 Å². The Bertz CT molecular complexity index is 1060. The summed E-state index contributed by atoms with van der Waals surface area (Å²) in [4.78, 5) is 7.63. The molecule has 0 saturated carbocycles. The number of benzene rings is 1. The molecule has 0 aliphatic heterocycles. The molecule has 1 atom stereocenters. The van der Waals surface area contributed by atoms with Crippen molar-refractivity contribution >= 4 is 11.6 Å². The van der Waals surface area contributed by atoms with Gasteiger partial charge in [-0.05, 0) is 36.2 Å². The second kappa shape index (κ2) is 8.55. The van der Waals surface area contributed by atoms with Gasteiger partial charge < -0.3 is 15.5 Å². The summed E-state index contributed by atoms with van der Waals surface area (Å²) in [7, 11) is 0. The minimum absolute atomic E-state index is 0.0387. The minimum atomic E-state index is -5.04. The third-order valence-corrected chi connectivity index (χ3v) is 4.41. The fourth-order valence-electron chi connectivity index (χ4n) is 2.80. The molecule has 31 heavy (non-hydrogen) atoms. The van der Waals surface area contributed by atoms with Crippen LogP contribution in [0.1, 0.15) is 17.7 Å². The highest BCUT2D eigenvalue weighted by molar-refractivity contribution is 5.70. The van der Waals surface area contributed by atoms with Crippen LogP contribution in [0.4, 0.5) is 33.6 Å². The number of hydrogen-bond acceptors (Lipinski definition) is 6. The molecule has 0 amide bonds. The van der Waals surface area contributed by atoms with Crippen molar-refractivity contribution in [3.05, 3.63) is 54.1 Å². The van der Waals surface area contributed by atoms with E-state index >= 15 is 0 Å². The molecule has 0 bridgehead atoms. The van der Waals surface area contributed by atoms with Gasteiger partial charge in [0.15, 0.2) is 0 Å². The van der Waals surface area contributed by atoms with Gasteiger partial charge in [-0.15, -0.1) is 0 Å². The third-order valence-electron chi connectivity index (χ3n) is 4.41. The molecule has 2 aromatic heterocycles. The van der Waals surface area contributed by atoms with E-state index in [0.717, 1.165) is 16.3 Å². The number of aliphatic hydroxyl groups excluding tert-OH is 1. The molecule has 166 valence electrons. The first-order chi connectivity index (χ1) is 14.5. The summed E-state index contributed by atoms with van der Waals surface area (Å²) in [6, 6.07) is 6.17. The lowest BCUT2D eigenvalue weighted by molar-refractivity contribution is -0.276. The maximum absolute atomic E-state index is 13.0. The van der Waals surface area contributed by atoms with Crippen LogP contribution < -0.4 is 5.32 Å². The second-order valence-corrected chi connectivity index (χ2v) is 6.93. The molecule has 1 aromatic carbocycles. The molecule has 12 heteroatoms. The van der Waals surface area contributed by atoms with Crippen LogP contribution in [0.5, 0.6) is 0 Å². The first-order valence-electron chi connectivity index (χ1n) is 8.93. The normalized spacial score (nSPS) is 14.0. The van der Waals surface area contributed by atoms with Gasteiger partial charge in [0.1, 0.15) is 5.69 Å². The van der Waals surface area contributed by atoms with Crippen molar-refractivity contribution in [2.45, 2.75) is 31.7 Å². The highest BCUT2D eigenvalue weighted by Crippen LogP contribution is 2.32. The van der Waals surface area contributed by atoms with E-state index in [1.54, 1.807) is 25.1 Å². The lowest BCUT2D eigenvalue weighted by Crippen LogP contribution is -2.51. The smallest absolute Gasteiger partial charge is 0.393 e. The van der Waals surface area contributed by atoms with Crippen molar-refractivity contribution in [2.24, 2.45) is 0 Å². The lowest BCUT2D eigenvalue weighted by atomic mass is 10.0. The maximum atomic E-state index is 13.0. The number of nitrogens with one attached hydrogen (secondary N) is 1. The third kappa shape index (κ3) is 5.14. The largest absolute Gasteiger partial charge is 0.421 e. The van der Waals surface area contributed by atoms with Gasteiger partial charge in [0, 0.05) is 23.6 Å². The molecule has 0 aliphatic rings. The summed E-state index contributed by atoms with van der Waals surface area (Å²) in [6.07, 6.45) is -4.00. The van der Waals surface area contributed by atoms with E-state index in [1.165, 1.54) is 18.6 Å². The molecular formula is C19H18F5N5O2. The highest BCUT2D eigenvalue weighted by Gasteiger charge is 2.53. The Hall–Kier alpha value is -3.12. The van der Waals surface area contributed by atoms with E-state index in [9.17, 15) is 27.1 Å². The van der Waals surface area contributed by atoms with E-state index < -0.39 is 37.0 Å². The number of aliphatic hydroxyl groups is 2. The van der Waals surface area contributed by atoms with Crippen LogP contribution in [0.3, 0.4) is 0 Å². The molecule has 7 nitrogen and oxygen atoms in total. The molecule has 0 aliphatic carbocycles. The summed E-state index contributed by atoms with van der Waals surface area (Å²) in [5.41, 5.74) is -1.53. The molecule has 2 heterocycles. The van der Waals surface area contributed by atoms with Gasteiger partial charge in [-0.25, -0.2) is 18.7 Å². The Morgan fingerprint density at radius 1 is 1.16 bits per heavy atom. The molecule has 0 spiro atoms. The predicted octanol–water partition coefficient (Wildman–Crippen LogP) is 3.62. The van der Waals surface area contributed by atoms with Crippen molar-refractivity contribution in [3.8, 4) is 11.1 Å². The topological polar surface area (TPSA) is 96.1 Å². The Balaban J connectivity index is 1.85. The average molecular weight is 443 g/mol. The number of alkyl halides is 5. The fraction of sp³-hybridized carbons (Fsp3) is 0.316. The van der Waals surface area contributed by atoms with Gasteiger partial charge in [-0.2, -0.15) is 18.3 Å². The monoisotopic (exact) mass is 443 g/mol. The maximum Gasteiger partial charge on any atom is 0.421 e. The molecule has 3 rings (SSSR count). The van der Waals surface area contributed by atoms with Gasteiger partial charge in [-0.1, -0.05) is 6.07 Å². The molecule has 3 aromatic rings. The first kappa shape index (κ1) is 22.6. The number of halogens is 5. The van der Waals surface area contributed by atoms with E-state index in [2.05, 4.69) is 20.4 Å². The van der Waals surface area contributed by atoms with Crippen LogP contribution >= 0.6 is 0 Å². The SMILES string of the molecule is Cc1cc(Nc2nccc(C(F)F)n2)cc(-c2cnn(C[C@](O)(CO)C(F)(F)F)c2)c1. The number of nitrogens with zero attached hydrogens (tertiary/aromatic N) is 4. The van der Waals surface area contributed by atoms with Crippen LogP contribution in [0.2, 0.25) is 0 Å². The van der Waals surface area contributed by atoms with Crippen molar-refractivity contribution in [1.29, 1.82) is 0 Å². The van der Waals surface area contributed by atoms with E-state index in [4.69, 9.17) is 5.11 Å². The number of anilines is 2. The number of aryl methyl sites for hydroxylation is 1. The van der Waals surface area contributed by atoms with Crippen LogP contribution in [0.15, 0.2) is 42.9 Å². The summed E-state index contributed by atoms with van der Waals surface area (Å²) in [6.45, 7) is -0.732. The summed E-state index contributed by atoms with van der Waals surface area (Å²) >= 11 is 0. The quantitative estimate of drug-likeness (QED) is 0.483. The number of hydrogen-bond donors (Lipinski definition) is 3. The van der Waals surface area contributed by atoms with Gasteiger partial charge >= 0.3 is 6.18 Å². The van der Waals surface area contributed by atoms with Crippen LogP contribution in [0.25, 0.3) is 11.1 Å². The predicted molar refractivity (Wildman–Crippen MR) is 101 cm³/mol. The van der Waals surface area contributed by atoms with Crippen molar-refractivity contribution in [3.63, 3.8) is 0 Å². The first-order valence-corrected chi connectivity index (χ1v) is 8.93. The van der Waals surface area contributed by atoms with Crippen LogP contribution in [-0.4, -0.2) is 48.3 Å². The van der Waals surface area contributed by atoms with E-state index in [0.29, 0.717) is 16.8 Å². The van der Waals surface area contributed by atoms with Gasteiger partial charge in [0.2, 0.25) is 11.5 Å². The molecule has 0 unspecified atom stereocenters. The summed E-state index contributed by atoms with van der Waals surface area (Å²) in [5, 5.41) is 25.3. The van der Waals surface area contributed by atoms with Gasteiger partial charge in [-0.3, -0.25) is 4.68 Å².